The number of imide groups is 1. The van der Waals surface area contributed by atoms with E-state index in [4.69, 9.17) is 0 Å². The fraction of sp³-hybridized carbons (Fsp3) is 0.316. The molecule has 1 aliphatic carbocycles. The summed E-state index contributed by atoms with van der Waals surface area (Å²) >= 11 is 0. The maximum atomic E-state index is 12.5. The Morgan fingerprint density at radius 2 is 1.92 bits per heavy atom. The predicted molar refractivity (Wildman–Crippen MR) is 94.0 cm³/mol. The number of hydrogen-bond donors (Lipinski definition) is 2. The highest BCUT2D eigenvalue weighted by Gasteiger charge is 2.56. The van der Waals surface area contributed by atoms with E-state index < -0.39 is 11.6 Å². The van der Waals surface area contributed by atoms with E-state index >= 15 is 0 Å². The lowest BCUT2D eigenvalue weighted by molar-refractivity contribution is -0.134. The molecule has 1 saturated carbocycles. The number of urea groups is 1. The first-order chi connectivity index (χ1) is 12.0. The Hall–Kier alpha value is -2.89. The van der Waals surface area contributed by atoms with Gasteiger partial charge in [-0.15, -0.1) is 0 Å². The van der Waals surface area contributed by atoms with Crippen molar-refractivity contribution >= 4 is 34.3 Å². The van der Waals surface area contributed by atoms with Gasteiger partial charge in [-0.1, -0.05) is 30.3 Å². The van der Waals surface area contributed by atoms with Crippen molar-refractivity contribution in [3.05, 3.63) is 42.5 Å². The summed E-state index contributed by atoms with van der Waals surface area (Å²) in [5, 5.41) is 7.59. The molecule has 0 aromatic heterocycles. The number of carbonyl (C=O) groups excluding carboxylic acids is 3. The number of nitrogens with zero attached hydrogens (tertiary/aromatic N) is 1. The summed E-state index contributed by atoms with van der Waals surface area (Å²) in [6, 6.07) is 12.9. The summed E-state index contributed by atoms with van der Waals surface area (Å²) in [5.41, 5.74) is -0.221. The van der Waals surface area contributed by atoms with Gasteiger partial charge in [0.15, 0.2) is 0 Å². The number of hydrogen-bond acceptors (Lipinski definition) is 3. The van der Waals surface area contributed by atoms with Crippen molar-refractivity contribution in [2.45, 2.75) is 25.3 Å². The van der Waals surface area contributed by atoms with E-state index in [2.05, 4.69) is 10.6 Å². The number of amides is 4. The second-order valence-electron chi connectivity index (χ2n) is 6.91. The van der Waals surface area contributed by atoms with Crippen LogP contribution in [0.1, 0.15) is 19.8 Å². The van der Waals surface area contributed by atoms with Crippen molar-refractivity contribution in [3.8, 4) is 0 Å². The van der Waals surface area contributed by atoms with E-state index in [1.807, 2.05) is 36.4 Å². The molecule has 128 valence electrons. The monoisotopic (exact) mass is 337 g/mol. The second-order valence-corrected chi connectivity index (χ2v) is 6.91. The van der Waals surface area contributed by atoms with E-state index in [0.29, 0.717) is 5.69 Å². The molecular formula is C19H19N3O3. The smallest absolute Gasteiger partial charge is 0.325 e. The maximum absolute atomic E-state index is 12.5. The minimum atomic E-state index is -0.861. The highest BCUT2D eigenvalue weighted by molar-refractivity contribution is 6.10. The third-order valence-electron chi connectivity index (χ3n) is 5.03. The average molecular weight is 337 g/mol. The molecule has 1 aliphatic heterocycles. The van der Waals surface area contributed by atoms with E-state index in [-0.39, 0.29) is 24.3 Å². The van der Waals surface area contributed by atoms with Gasteiger partial charge in [-0.2, -0.15) is 0 Å². The molecular weight excluding hydrogens is 318 g/mol. The van der Waals surface area contributed by atoms with Crippen LogP contribution >= 0.6 is 0 Å². The van der Waals surface area contributed by atoms with E-state index in [1.165, 1.54) is 0 Å². The number of rotatable bonds is 4. The molecule has 2 aromatic rings. The van der Waals surface area contributed by atoms with Gasteiger partial charge in [-0.3, -0.25) is 14.5 Å². The Bertz CT molecular complexity index is 890. The van der Waals surface area contributed by atoms with Crippen LogP contribution in [0.3, 0.4) is 0 Å². The van der Waals surface area contributed by atoms with Gasteiger partial charge >= 0.3 is 6.03 Å². The number of nitrogens with one attached hydrogen (secondary N) is 2. The van der Waals surface area contributed by atoms with Crippen LogP contribution in [0, 0.1) is 5.92 Å². The van der Waals surface area contributed by atoms with Crippen molar-refractivity contribution in [2.75, 3.05) is 11.9 Å². The van der Waals surface area contributed by atoms with Crippen LogP contribution < -0.4 is 10.6 Å². The van der Waals surface area contributed by atoms with Crippen LogP contribution in [0.4, 0.5) is 10.5 Å². The average Bonchev–Trinajstić information content (AvgIpc) is 3.41. The van der Waals surface area contributed by atoms with E-state index in [1.54, 1.807) is 13.0 Å². The molecule has 6 nitrogen and oxygen atoms in total. The van der Waals surface area contributed by atoms with E-state index in [9.17, 15) is 14.4 Å². The molecule has 0 radical (unpaired) electrons. The highest BCUT2D eigenvalue weighted by Crippen LogP contribution is 2.42. The van der Waals surface area contributed by atoms with Crippen LogP contribution in [0.25, 0.3) is 10.8 Å². The topological polar surface area (TPSA) is 78.5 Å². The molecule has 2 aliphatic rings. The number of carbonyl (C=O) groups is 3. The SMILES string of the molecule is CC1(C2CC2)NC(=O)N(CC(=O)Nc2ccc3ccccc3c2)C1=O. The Kier molecular flexibility index (Phi) is 3.49. The maximum Gasteiger partial charge on any atom is 0.325 e. The first-order valence-electron chi connectivity index (χ1n) is 8.40. The second kappa shape index (κ2) is 5.58. The number of anilines is 1. The normalized spacial score (nSPS) is 23.0. The van der Waals surface area contributed by atoms with Crippen molar-refractivity contribution in [2.24, 2.45) is 5.92 Å². The molecule has 1 heterocycles. The summed E-state index contributed by atoms with van der Waals surface area (Å²) in [5.74, 6) is -0.523. The summed E-state index contributed by atoms with van der Waals surface area (Å²) in [4.78, 5) is 38.0. The largest absolute Gasteiger partial charge is 0.325 e. The lowest BCUT2D eigenvalue weighted by Gasteiger charge is -2.20. The molecule has 1 atom stereocenters. The van der Waals surface area contributed by atoms with Crippen molar-refractivity contribution < 1.29 is 14.4 Å². The number of fused-ring (bicyclic) bond motifs is 1. The zero-order valence-electron chi connectivity index (χ0n) is 13.9. The summed E-state index contributed by atoms with van der Waals surface area (Å²) < 4.78 is 0. The van der Waals surface area contributed by atoms with Gasteiger partial charge in [0.25, 0.3) is 5.91 Å². The molecule has 0 bridgehead atoms. The summed E-state index contributed by atoms with van der Waals surface area (Å²) in [6.45, 7) is 1.46. The molecule has 4 rings (SSSR count). The molecule has 2 N–H and O–H groups in total. The van der Waals surface area contributed by atoms with Gasteiger partial charge in [0.2, 0.25) is 5.91 Å². The third kappa shape index (κ3) is 2.73. The van der Waals surface area contributed by atoms with Crippen molar-refractivity contribution in [1.82, 2.24) is 10.2 Å². The zero-order chi connectivity index (χ0) is 17.6. The molecule has 2 aromatic carbocycles. The highest BCUT2D eigenvalue weighted by atomic mass is 16.2. The van der Waals surface area contributed by atoms with Gasteiger partial charge in [-0.25, -0.2) is 4.79 Å². The fourth-order valence-electron chi connectivity index (χ4n) is 3.41. The Balaban J connectivity index is 1.46. The predicted octanol–water partition coefficient (Wildman–Crippen LogP) is 2.50. The molecule has 2 fully saturated rings. The van der Waals surface area contributed by atoms with Crippen LogP contribution in [0.15, 0.2) is 42.5 Å². The van der Waals surface area contributed by atoms with Gasteiger partial charge in [-0.05, 0) is 48.6 Å². The third-order valence-corrected chi connectivity index (χ3v) is 5.03. The minimum absolute atomic E-state index is 0.178. The molecule has 1 saturated heterocycles. The molecule has 1 unspecified atom stereocenters. The van der Waals surface area contributed by atoms with Gasteiger partial charge in [0.1, 0.15) is 12.1 Å². The van der Waals surface area contributed by atoms with E-state index in [0.717, 1.165) is 28.5 Å². The lowest BCUT2D eigenvalue weighted by atomic mass is 9.96. The van der Waals surface area contributed by atoms with Crippen LogP contribution in [-0.4, -0.2) is 34.8 Å². The minimum Gasteiger partial charge on any atom is -0.325 e. The van der Waals surface area contributed by atoms with Gasteiger partial charge in [0, 0.05) is 5.69 Å². The molecule has 25 heavy (non-hydrogen) atoms. The van der Waals surface area contributed by atoms with Crippen LogP contribution in [0.5, 0.6) is 0 Å². The Morgan fingerprint density at radius 1 is 1.20 bits per heavy atom. The van der Waals surface area contributed by atoms with Crippen molar-refractivity contribution in [1.29, 1.82) is 0 Å². The first kappa shape index (κ1) is 15.6. The van der Waals surface area contributed by atoms with Crippen molar-refractivity contribution in [3.63, 3.8) is 0 Å². The number of benzene rings is 2. The lowest BCUT2D eigenvalue weighted by Crippen LogP contribution is -2.46. The summed E-state index contributed by atoms with van der Waals surface area (Å²) in [7, 11) is 0. The first-order valence-corrected chi connectivity index (χ1v) is 8.40. The van der Waals surface area contributed by atoms with Gasteiger partial charge < -0.3 is 10.6 Å². The molecule has 0 spiro atoms. The standard InChI is InChI=1S/C19H19N3O3/c1-19(14-7-8-14)17(24)22(18(25)21-19)11-16(23)20-15-9-6-12-4-2-3-5-13(12)10-15/h2-6,9-10,14H,7-8,11H2,1H3,(H,20,23)(H,21,25). The van der Waals surface area contributed by atoms with Crippen LogP contribution in [-0.2, 0) is 9.59 Å². The Labute approximate surface area is 145 Å². The van der Waals surface area contributed by atoms with Gasteiger partial charge in [0.05, 0.1) is 0 Å². The Morgan fingerprint density at radius 3 is 2.64 bits per heavy atom. The zero-order valence-corrected chi connectivity index (χ0v) is 13.9. The quantitative estimate of drug-likeness (QED) is 0.842. The summed E-state index contributed by atoms with van der Waals surface area (Å²) in [6.07, 6.45) is 1.86. The van der Waals surface area contributed by atoms with Crippen LogP contribution in [0.2, 0.25) is 0 Å². The molecule has 6 heteroatoms. The fourth-order valence-corrected chi connectivity index (χ4v) is 3.41. The molecule has 4 amide bonds.